The third-order valence-electron chi connectivity index (χ3n) is 4.10. The summed E-state index contributed by atoms with van der Waals surface area (Å²) in [4.78, 5) is 16.8. The van der Waals surface area contributed by atoms with Crippen molar-refractivity contribution in [1.29, 1.82) is 0 Å². The zero-order valence-corrected chi connectivity index (χ0v) is 11.8. The number of aromatic nitrogens is 1. The van der Waals surface area contributed by atoms with Crippen molar-refractivity contribution in [2.75, 3.05) is 0 Å². The van der Waals surface area contributed by atoms with Crippen LogP contribution >= 0.6 is 0 Å². The van der Waals surface area contributed by atoms with Crippen molar-refractivity contribution in [3.05, 3.63) is 30.1 Å². The van der Waals surface area contributed by atoms with E-state index in [1.165, 1.54) is 38.5 Å². The van der Waals surface area contributed by atoms with Crippen molar-refractivity contribution in [3.63, 3.8) is 0 Å². The van der Waals surface area contributed by atoms with Crippen molar-refractivity contribution in [3.8, 4) is 0 Å². The van der Waals surface area contributed by atoms with E-state index in [1.54, 1.807) is 6.20 Å². The first kappa shape index (κ1) is 14.2. The van der Waals surface area contributed by atoms with Gasteiger partial charge in [0.15, 0.2) is 0 Å². The van der Waals surface area contributed by atoms with Gasteiger partial charge in [0.25, 0.3) is 0 Å². The highest BCUT2D eigenvalue weighted by Crippen LogP contribution is 2.25. The first-order valence-electron chi connectivity index (χ1n) is 7.81. The molecule has 0 N–H and O–H groups in total. The summed E-state index contributed by atoms with van der Waals surface area (Å²) in [5.41, 5.74) is 0.976. The molecule has 0 bridgehead atoms. The van der Waals surface area contributed by atoms with Gasteiger partial charge < -0.3 is 0 Å². The molecular formula is C17H25NO. The van der Waals surface area contributed by atoms with Crippen molar-refractivity contribution in [1.82, 2.24) is 4.98 Å². The summed E-state index contributed by atoms with van der Waals surface area (Å²) in [6, 6.07) is 5.92. The minimum atomic E-state index is 0.0422. The van der Waals surface area contributed by atoms with E-state index in [9.17, 15) is 4.79 Å². The van der Waals surface area contributed by atoms with E-state index in [0.717, 1.165) is 31.4 Å². The summed E-state index contributed by atoms with van der Waals surface area (Å²) in [5.74, 6) is 0.444. The SMILES string of the molecule is O=C1CCCCCCCCCCC1c1ccccn1. The second kappa shape index (κ2) is 8.08. The lowest BCUT2D eigenvalue weighted by Gasteiger charge is -2.16. The third-order valence-corrected chi connectivity index (χ3v) is 4.10. The molecule has 2 heteroatoms. The van der Waals surface area contributed by atoms with Gasteiger partial charge in [-0.25, -0.2) is 0 Å². The third kappa shape index (κ3) is 4.77. The molecule has 0 radical (unpaired) electrons. The van der Waals surface area contributed by atoms with E-state index in [-0.39, 0.29) is 5.92 Å². The Morgan fingerprint density at radius 1 is 0.895 bits per heavy atom. The molecule has 0 aliphatic heterocycles. The highest BCUT2D eigenvalue weighted by molar-refractivity contribution is 5.85. The van der Waals surface area contributed by atoms with Crippen LogP contribution in [0.3, 0.4) is 0 Å². The van der Waals surface area contributed by atoms with E-state index in [4.69, 9.17) is 0 Å². The summed E-state index contributed by atoms with van der Waals surface area (Å²) < 4.78 is 0. The molecule has 1 aromatic rings. The highest BCUT2D eigenvalue weighted by atomic mass is 16.1. The standard InChI is InChI=1S/C17H25NO/c19-17-13-8-6-4-2-1-3-5-7-11-15(17)16-12-9-10-14-18-16/h9-10,12,14-15H,1-8,11,13H2. The van der Waals surface area contributed by atoms with E-state index < -0.39 is 0 Å². The van der Waals surface area contributed by atoms with E-state index in [0.29, 0.717) is 5.78 Å². The predicted molar refractivity (Wildman–Crippen MR) is 78.2 cm³/mol. The van der Waals surface area contributed by atoms with Crippen molar-refractivity contribution in [2.45, 2.75) is 70.1 Å². The predicted octanol–water partition coefficient (Wildman–Crippen LogP) is 4.65. The van der Waals surface area contributed by atoms with Gasteiger partial charge in [-0.05, 0) is 25.0 Å². The molecule has 1 aromatic heterocycles. The molecule has 1 aliphatic carbocycles. The molecule has 2 rings (SSSR count). The first-order valence-corrected chi connectivity index (χ1v) is 7.81. The maximum absolute atomic E-state index is 12.4. The molecule has 1 fully saturated rings. The molecule has 1 heterocycles. The van der Waals surface area contributed by atoms with E-state index in [2.05, 4.69) is 4.98 Å². The molecule has 0 spiro atoms. The summed E-state index contributed by atoms with van der Waals surface area (Å²) in [6.45, 7) is 0. The van der Waals surface area contributed by atoms with Crippen molar-refractivity contribution in [2.24, 2.45) is 0 Å². The van der Waals surface area contributed by atoms with Crippen LogP contribution in [0.25, 0.3) is 0 Å². The molecule has 104 valence electrons. The fourth-order valence-electron chi connectivity index (χ4n) is 2.94. The van der Waals surface area contributed by atoms with Crippen molar-refractivity contribution < 1.29 is 4.79 Å². The van der Waals surface area contributed by atoms with E-state index >= 15 is 0 Å². The van der Waals surface area contributed by atoms with Crippen LogP contribution in [0.15, 0.2) is 24.4 Å². The number of rotatable bonds is 1. The van der Waals surface area contributed by atoms with Gasteiger partial charge in [-0.2, -0.15) is 0 Å². The van der Waals surface area contributed by atoms with Crippen LogP contribution in [-0.4, -0.2) is 10.8 Å². The fourth-order valence-corrected chi connectivity index (χ4v) is 2.94. The smallest absolute Gasteiger partial charge is 0.141 e. The second-order valence-electron chi connectivity index (χ2n) is 5.64. The number of pyridine rings is 1. The summed E-state index contributed by atoms with van der Waals surface area (Å²) in [6.07, 6.45) is 13.5. The Balaban J connectivity index is 2.01. The number of hydrogen-bond acceptors (Lipinski definition) is 2. The lowest BCUT2D eigenvalue weighted by molar-refractivity contribution is -0.120. The summed E-state index contributed by atoms with van der Waals surface area (Å²) in [7, 11) is 0. The van der Waals surface area contributed by atoms with Gasteiger partial charge in [-0.1, -0.05) is 51.0 Å². The number of ketones is 1. The zero-order valence-electron chi connectivity index (χ0n) is 11.8. The number of hydrogen-bond donors (Lipinski definition) is 0. The van der Waals surface area contributed by atoms with Gasteiger partial charge in [0.2, 0.25) is 0 Å². The zero-order chi connectivity index (χ0) is 13.3. The van der Waals surface area contributed by atoms with Gasteiger partial charge in [0.1, 0.15) is 5.78 Å². The first-order chi connectivity index (χ1) is 9.38. The average molecular weight is 259 g/mol. The molecule has 0 aromatic carbocycles. The Bertz CT molecular complexity index is 374. The monoisotopic (exact) mass is 259 g/mol. The lowest BCUT2D eigenvalue weighted by Crippen LogP contribution is -2.14. The van der Waals surface area contributed by atoms with Crippen LogP contribution in [0.5, 0.6) is 0 Å². The Labute approximate surface area is 116 Å². The van der Waals surface area contributed by atoms with Gasteiger partial charge in [0.05, 0.1) is 11.6 Å². The van der Waals surface area contributed by atoms with Gasteiger partial charge in [0, 0.05) is 12.6 Å². The summed E-state index contributed by atoms with van der Waals surface area (Å²) in [5, 5.41) is 0. The van der Waals surface area contributed by atoms with Crippen LogP contribution in [-0.2, 0) is 4.79 Å². The van der Waals surface area contributed by atoms with Crippen LogP contribution in [0.4, 0.5) is 0 Å². The topological polar surface area (TPSA) is 30.0 Å². The number of nitrogens with zero attached hydrogens (tertiary/aromatic N) is 1. The molecule has 0 amide bonds. The minimum absolute atomic E-state index is 0.0422. The Morgan fingerprint density at radius 2 is 1.58 bits per heavy atom. The molecule has 1 aliphatic rings. The number of Topliss-reactive ketones (excluding diaryl/α,β-unsaturated/α-hetero) is 1. The molecule has 0 saturated heterocycles. The maximum atomic E-state index is 12.4. The Morgan fingerprint density at radius 3 is 2.26 bits per heavy atom. The largest absolute Gasteiger partial charge is 0.299 e. The van der Waals surface area contributed by atoms with Crippen LogP contribution in [0, 0.1) is 0 Å². The average Bonchev–Trinajstić information content (AvgIpc) is 2.44. The van der Waals surface area contributed by atoms with Crippen LogP contribution < -0.4 is 0 Å². The molecule has 1 atom stereocenters. The number of carbonyl (C=O) groups is 1. The fraction of sp³-hybridized carbons (Fsp3) is 0.647. The molecule has 1 saturated carbocycles. The van der Waals surface area contributed by atoms with Gasteiger partial charge in [-0.15, -0.1) is 0 Å². The second-order valence-corrected chi connectivity index (χ2v) is 5.64. The Kier molecular flexibility index (Phi) is 6.06. The molecule has 2 nitrogen and oxygen atoms in total. The normalized spacial score (nSPS) is 23.4. The van der Waals surface area contributed by atoms with Gasteiger partial charge >= 0.3 is 0 Å². The van der Waals surface area contributed by atoms with Crippen LogP contribution in [0.2, 0.25) is 0 Å². The molecule has 19 heavy (non-hydrogen) atoms. The molecule has 1 unspecified atom stereocenters. The quantitative estimate of drug-likeness (QED) is 0.735. The van der Waals surface area contributed by atoms with Crippen molar-refractivity contribution >= 4 is 5.78 Å². The number of carbonyl (C=O) groups excluding carboxylic acids is 1. The molecular weight excluding hydrogens is 234 g/mol. The lowest BCUT2D eigenvalue weighted by atomic mass is 9.89. The maximum Gasteiger partial charge on any atom is 0.141 e. The highest BCUT2D eigenvalue weighted by Gasteiger charge is 2.20. The minimum Gasteiger partial charge on any atom is -0.299 e. The Hall–Kier alpha value is -1.18. The van der Waals surface area contributed by atoms with Gasteiger partial charge in [-0.3, -0.25) is 9.78 Å². The van der Waals surface area contributed by atoms with E-state index in [1.807, 2.05) is 18.2 Å². The summed E-state index contributed by atoms with van der Waals surface area (Å²) >= 11 is 0. The van der Waals surface area contributed by atoms with Crippen LogP contribution in [0.1, 0.15) is 75.8 Å².